The molecule has 0 fully saturated rings. The highest BCUT2D eigenvalue weighted by Gasteiger charge is 2.17. The molecule has 2 rings (SSSR count). The van der Waals surface area contributed by atoms with E-state index < -0.39 is 0 Å². The maximum atomic E-state index is 12.2. The molecule has 1 aromatic carbocycles. The molecule has 2 aromatic rings. The molecule has 1 N–H and O–H groups in total. The Hall–Kier alpha value is -2.01. The van der Waals surface area contributed by atoms with Crippen LogP contribution in [0.3, 0.4) is 0 Å². The van der Waals surface area contributed by atoms with E-state index in [4.69, 9.17) is 16.1 Å². The van der Waals surface area contributed by atoms with Crippen LogP contribution < -0.4 is 0 Å². The third-order valence-corrected chi connectivity index (χ3v) is 2.85. The van der Waals surface area contributed by atoms with Gasteiger partial charge in [-0.05, 0) is 25.1 Å². The first kappa shape index (κ1) is 13.4. The number of aryl methyl sites for hydroxylation is 1. The maximum absolute atomic E-state index is 12.2. The number of hydrogen-bond donors (Lipinski definition) is 1. The van der Waals surface area contributed by atoms with Gasteiger partial charge in [-0.25, -0.2) is 0 Å². The van der Waals surface area contributed by atoms with Crippen LogP contribution in [0.25, 0.3) is 0 Å². The summed E-state index contributed by atoms with van der Waals surface area (Å²) in [5, 5.41) is 13.9. The van der Waals surface area contributed by atoms with Crippen LogP contribution >= 0.6 is 11.6 Å². The second kappa shape index (κ2) is 5.32. The van der Waals surface area contributed by atoms with Crippen molar-refractivity contribution in [3.8, 4) is 5.75 Å². The number of carbonyl (C=O) groups excluding carboxylic acids is 1. The lowest BCUT2D eigenvalue weighted by molar-refractivity contribution is 0.0779. The molecule has 0 aliphatic rings. The Kier molecular flexibility index (Phi) is 3.76. The lowest BCUT2D eigenvalue weighted by Gasteiger charge is -2.16. The van der Waals surface area contributed by atoms with Crippen LogP contribution in [-0.4, -0.2) is 28.1 Å². The number of benzene rings is 1. The van der Waals surface area contributed by atoms with Crippen molar-refractivity contribution in [2.45, 2.75) is 13.5 Å². The molecule has 0 spiro atoms. The molecule has 5 nitrogen and oxygen atoms in total. The number of amides is 1. The Balaban J connectivity index is 2.16. The molecular formula is C13H13ClN2O3. The smallest absolute Gasteiger partial charge is 0.257 e. The minimum atomic E-state index is -0.333. The number of rotatable bonds is 3. The van der Waals surface area contributed by atoms with Gasteiger partial charge in [0.2, 0.25) is 0 Å². The van der Waals surface area contributed by atoms with E-state index in [1.54, 1.807) is 20.0 Å². The quantitative estimate of drug-likeness (QED) is 0.938. The Morgan fingerprint density at radius 1 is 1.47 bits per heavy atom. The zero-order chi connectivity index (χ0) is 14.0. The van der Waals surface area contributed by atoms with E-state index >= 15 is 0 Å². The summed E-state index contributed by atoms with van der Waals surface area (Å²) in [6.45, 7) is 2.07. The van der Waals surface area contributed by atoms with Crippen LogP contribution in [-0.2, 0) is 6.54 Å². The Bertz CT molecular complexity index is 610. The normalized spacial score (nSPS) is 10.5. The monoisotopic (exact) mass is 280 g/mol. The molecule has 0 unspecified atom stereocenters. The van der Waals surface area contributed by atoms with E-state index in [9.17, 15) is 9.90 Å². The molecule has 0 saturated carbocycles. The van der Waals surface area contributed by atoms with Crippen molar-refractivity contribution in [2.24, 2.45) is 0 Å². The molecule has 19 heavy (non-hydrogen) atoms. The molecule has 0 atom stereocenters. The summed E-state index contributed by atoms with van der Waals surface area (Å²) in [7, 11) is 1.62. The van der Waals surface area contributed by atoms with Crippen molar-refractivity contribution in [3.05, 3.63) is 46.3 Å². The molecule has 0 bridgehead atoms. The first-order chi connectivity index (χ1) is 8.97. The lowest BCUT2D eigenvalue weighted by atomic mass is 10.1. The number of halogens is 1. The van der Waals surface area contributed by atoms with Crippen molar-refractivity contribution in [3.63, 3.8) is 0 Å². The van der Waals surface area contributed by atoms with Gasteiger partial charge in [0.1, 0.15) is 17.2 Å². The van der Waals surface area contributed by atoms with E-state index in [2.05, 4.69) is 5.16 Å². The van der Waals surface area contributed by atoms with Crippen LogP contribution in [0.5, 0.6) is 5.75 Å². The predicted octanol–water partition coefficient (Wildman–Crippen LogP) is 2.61. The van der Waals surface area contributed by atoms with Gasteiger partial charge in [0, 0.05) is 18.1 Å². The molecule has 1 heterocycles. The average Bonchev–Trinajstić information content (AvgIpc) is 2.77. The van der Waals surface area contributed by atoms with E-state index in [-0.39, 0.29) is 17.2 Å². The van der Waals surface area contributed by atoms with Gasteiger partial charge in [-0.1, -0.05) is 16.8 Å². The van der Waals surface area contributed by atoms with Crippen LogP contribution in [0.1, 0.15) is 21.8 Å². The van der Waals surface area contributed by atoms with Gasteiger partial charge in [-0.2, -0.15) is 0 Å². The number of nitrogens with zero attached hydrogens (tertiary/aromatic N) is 2. The van der Waals surface area contributed by atoms with Gasteiger partial charge >= 0.3 is 0 Å². The fourth-order valence-electron chi connectivity index (χ4n) is 1.69. The van der Waals surface area contributed by atoms with E-state index in [1.807, 2.05) is 0 Å². The largest absolute Gasteiger partial charge is 0.507 e. The lowest BCUT2D eigenvalue weighted by Crippen LogP contribution is -2.26. The average molecular weight is 281 g/mol. The van der Waals surface area contributed by atoms with Gasteiger partial charge in [0.25, 0.3) is 5.91 Å². The van der Waals surface area contributed by atoms with Gasteiger partial charge in [0.15, 0.2) is 0 Å². The molecule has 0 saturated heterocycles. The van der Waals surface area contributed by atoms with Crippen molar-refractivity contribution in [1.29, 1.82) is 0 Å². The summed E-state index contributed by atoms with van der Waals surface area (Å²) in [6, 6.07) is 6.10. The van der Waals surface area contributed by atoms with Gasteiger partial charge in [-0.3, -0.25) is 4.79 Å². The fraction of sp³-hybridized carbons (Fsp3) is 0.231. The van der Waals surface area contributed by atoms with E-state index in [1.165, 1.54) is 23.1 Å². The molecule has 0 aliphatic carbocycles. The summed E-state index contributed by atoms with van der Waals surface area (Å²) in [6.07, 6.45) is 0. The number of carbonyl (C=O) groups is 1. The molecule has 100 valence electrons. The standard InChI is InChI=1S/C13H13ClN2O3/c1-8-5-10(15-19-8)7-16(2)13(18)11-6-9(14)3-4-12(11)17/h3-6,17H,7H2,1-2H3. The predicted molar refractivity (Wildman–Crippen MR) is 70.2 cm³/mol. The number of phenols is 1. The zero-order valence-corrected chi connectivity index (χ0v) is 11.3. The van der Waals surface area contributed by atoms with Crippen molar-refractivity contribution >= 4 is 17.5 Å². The molecular weight excluding hydrogens is 268 g/mol. The van der Waals surface area contributed by atoms with Gasteiger partial charge in [-0.15, -0.1) is 0 Å². The number of aromatic hydroxyl groups is 1. The van der Waals surface area contributed by atoms with Crippen molar-refractivity contribution in [1.82, 2.24) is 10.1 Å². The molecule has 1 amide bonds. The highest BCUT2D eigenvalue weighted by molar-refractivity contribution is 6.31. The molecule has 6 heteroatoms. The Morgan fingerprint density at radius 2 is 2.21 bits per heavy atom. The zero-order valence-electron chi connectivity index (χ0n) is 10.6. The number of hydrogen-bond acceptors (Lipinski definition) is 4. The summed E-state index contributed by atoms with van der Waals surface area (Å²) < 4.78 is 4.94. The van der Waals surface area contributed by atoms with Crippen molar-refractivity contribution in [2.75, 3.05) is 7.05 Å². The second-order valence-corrected chi connectivity index (χ2v) is 4.69. The highest BCUT2D eigenvalue weighted by atomic mass is 35.5. The second-order valence-electron chi connectivity index (χ2n) is 4.25. The van der Waals surface area contributed by atoms with Crippen LogP contribution in [0.4, 0.5) is 0 Å². The summed E-state index contributed by atoms with van der Waals surface area (Å²) in [4.78, 5) is 13.6. The molecule has 0 aliphatic heterocycles. The third-order valence-electron chi connectivity index (χ3n) is 2.61. The van der Waals surface area contributed by atoms with Crippen LogP contribution in [0.2, 0.25) is 5.02 Å². The van der Waals surface area contributed by atoms with Crippen LogP contribution in [0, 0.1) is 6.92 Å². The summed E-state index contributed by atoms with van der Waals surface area (Å²) in [5.41, 5.74) is 0.810. The Labute approximate surface area is 115 Å². The first-order valence-electron chi connectivity index (χ1n) is 5.63. The minimum Gasteiger partial charge on any atom is -0.507 e. The van der Waals surface area contributed by atoms with E-state index in [0.29, 0.717) is 23.0 Å². The minimum absolute atomic E-state index is 0.0995. The highest BCUT2D eigenvalue weighted by Crippen LogP contribution is 2.23. The SMILES string of the molecule is Cc1cc(CN(C)C(=O)c2cc(Cl)ccc2O)no1. The number of phenolic OH excluding ortho intramolecular Hbond substituents is 1. The van der Waals surface area contributed by atoms with E-state index in [0.717, 1.165) is 0 Å². The number of aromatic nitrogens is 1. The van der Waals surface area contributed by atoms with Crippen LogP contribution in [0.15, 0.2) is 28.8 Å². The summed E-state index contributed by atoms with van der Waals surface area (Å²) in [5.74, 6) is 0.250. The molecule has 0 radical (unpaired) electrons. The van der Waals surface area contributed by atoms with Gasteiger partial charge < -0.3 is 14.5 Å². The first-order valence-corrected chi connectivity index (χ1v) is 6.01. The fourth-order valence-corrected chi connectivity index (χ4v) is 1.86. The maximum Gasteiger partial charge on any atom is 0.257 e. The molecule has 1 aromatic heterocycles. The third kappa shape index (κ3) is 3.06. The summed E-state index contributed by atoms with van der Waals surface area (Å²) >= 11 is 5.82. The van der Waals surface area contributed by atoms with Gasteiger partial charge in [0.05, 0.1) is 12.1 Å². The Morgan fingerprint density at radius 3 is 2.84 bits per heavy atom. The topological polar surface area (TPSA) is 66.6 Å². The van der Waals surface area contributed by atoms with Crippen molar-refractivity contribution < 1.29 is 14.4 Å².